The standard InChI is InChI=1S/C50H28N4O2S/c1-3-13-29(14-4-1)47-52-48(32-18-11-17-31(27-32)33-22-12-23-37-35-20-9-10-24-42(35)57-46(33)37)54-49(53-47)38-28-41-43(36-21-8-7-19-34(36)38)44-39(55-41)25-26-40-45(44)51-50(56-40)30-15-5-2-6-16-30/h1-28H. The fourth-order valence-electron chi connectivity index (χ4n) is 8.14. The van der Waals surface area contributed by atoms with Crippen molar-refractivity contribution in [1.29, 1.82) is 0 Å². The molecule has 8 aromatic carbocycles. The van der Waals surface area contributed by atoms with Crippen molar-refractivity contribution in [2.24, 2.45) is 0 Å². The maximum absolute atomic E-state index is 6.65. The van der Waals surface area contributed by atoms with Gasteiger partial charge in [-0.2, -0.15) is 0 Å². The molecule has 0 radical (unpaired) electrons. The SMILES string of the molecule is c1ccc(-c2nc(-c3cccc(-c4cccc5c4sc4ccccc45)c3)nc(-c3cc4oc5ccc6oc(-c7ccccc7)nc6c5c4c4ccccc34)n2)cc1. The Hall–Kier alpha value is -7.48. The molecule has 6 nitrogen and oxygen atoms in total. The largest absolute Gasteiger partial charge is 0.456 e. The van der Waals surface area contributed by atoms with Crippen LogP contribution >= 0.6 is 11.3 Å². The van der Waals surface area contributed by atoms with Crippen LogP contribution in [0.1, 0.15) is 0 Å². The highest BCUT2D eigenvalue weighted by molar-refractivity contribution is 7.26. The summed E-state index contributed by atoms with van der Waals surface area (Å²) in [7, 11) is 0. The Labute approximate surface area is 329 Å². The van der Waals surface area contributed by atoms with Crippen molar-refractivity contribution in [1.82, 2.24) is 19.9 Å². The second-order valence-electron chi connectivity index (χ2n) is 14.1. The molecule has 0 aliphatic heterocycles. The third-order valence-electron chi connectivity index (χ3n) is 10.8. The Morgan fingerprint density at radius 2 is 1.00 bits per heavy atom. The molecule has 0 unspecified atom stereocenters. The molecular weight excluding hydrogens is 721 g/mol. The quantitative estimate of drug-likeness (QED) is 0.174. The minimum atomic E-state index is 0.562. The van der Waals surface area contributed by atoms with Gasteiger partial charge in [-0.15, -0.1) is 11.3 Å². The molecule has 12 rings (SSSR count). The Bertz CT molecular complexity index is 3530. The maximum Gasteiger partial charge on any atom is 0.227 e. The first-order valence-corrected chi connectivity index (χ1v) is 19.6. The van der Waals surface area contributed by atoms with E-state index in [1.165, 1.54) is 25.7 Å². The van der Waals surface area contributed by atoms with Gasteiger partial charge >= 0.3 is 0 Å². The highest BCUT2D eigenvalue weighted by Gasteiger charge is 2.22. The van der Waals surface area contributed by atoms with Gasteiger partial charge in [0.25, 0.3) is 0 Å². The molecule has 0 aliphatic rings. The lowest BCUT2D eigenvalue weighted by Gasteiger charge is -2.12. The van der Waals surface area contributed by atoms with Crippen LogP contribution in [0.25, 0.3) is 121 Å². The minimum Gasteiger partial charge on any atom is -0.456 e. The number of thiophene rings is 1. The van der Waals surface area contributed by atoms with Crippen LogP contribution in [0.3, 0.4) is 0 Å². The molecule has 0 aliphatic carbocycles. The molecule has 4 heterocycles. The summed E-state index contributed by atoms with van der Waals surface area (Å²) in [6.07, 6.45) is 0. The Morgan fingerprint density at radius 1 is 0.368 bits per heavy atom. The van der Waals surface area contributed by atoms with Gasteiger partial charge in [0.1, 0.15) is 16.7 Å². The maximum atomic E-state index is 6.65. The van der Waals surface area contributed by atoms with Crippen molar-refractivity contribution in [3.63, 3.8) is 0 Å². The molecule has 0 amide bonds. The molecule has 0 spiro atoms. The summed E-state index contributed by atoms with van der Waals surface area (Å²) in [6.45, 7) is 0. The first-order valence-electron chi connectivity index (χ1n) is 18.8. The molecule has 0 bridgehead atoms. The van der Waals surface area contributed by atoms with Crippen LogP contribution in [-0.4, -0.2) is 19.9 Å². The van der Waals surface area contributed by atoms with Crippen molar-refractivity contribution in [2.45, 2.75) is 0 Å². The summed E-state index contributed by atoms with van der Waals surface area (Å²) in [6, 6.07) is 58.1. The lowest BCUT2D eigenvalue weighted by molar-refractivity contribution is 0.619. The van der Waals surface area contributed by atoms with E-state index in [4.69, 9.17) is 28.8 Å². The molecule has 0 atom stereocenters. The topological polar surface area (TPSA) is 77.8 Å². The van der Waals surface area contributed by atoms with Crippen LogP contribution in [0.15, 0.2) is 179 Å². The third kappa shape index (κ3) is 5.10. The number of benzene rings is 8. The van der Waals surface area contributed by atoms with Crippen molar-refractivity contribution >= 4 is 75.3 Å². The number of aromatic nitrogens is 4. The number of rotatable bonds is 5. The van der Waals surface area contributed by atoms with Crippen molar-refractivity contribution in [3.05, 3.63) is 170 Å². The van der Waals surface area contributed by atoms with E-state index in [2.05, 4.69) is 97.1 Å². The lowest BCUT2D eigenvalue weighted by atomic mass is 9.98. The summed E-state index contributed by atoms with van der Waals surface area (Å²) in [4.78, 5) is 20.5. The molecule has 0 saturated heterocycles. The predicted molar refractivity (Wildman–Crippen MR) is 232 cm³/mol. The summed E-state index contributed by atoms with van der Waals surface area (Å²) in [5.41, 5.74) is 8.81. The highest BCUT2D eigenvalue weighted by Crippen LogP contribution is 2.44. The van der Waals surface area contributed by atoms with E-state index in [9.17, 15) is 0 Å². The molecular formula is C50H28N4O2S. The Morgan fingerprint density at radius 3 is 1.84 bits per heavy atom. The molecule has 57 heavy (non-hydrogen) atoms. The van der Waals surface area contributed by atoms with E-state index in [0.717, 1.165) is 66.0 Å². The monoisotopic (exact) mass is 748 g/mol. The summed E-state index contributed by atoms with van der Waals surface area (Å²) in [5, 5.41) is 6.45. The second kappa shape index (κ2) is 12.5. The normalized spacial score (nSPS) is 11.9. The number of fused-ring (bicyclic) bond motifs is 10. The molecule has 266 valence electrons. The van der Waals surface area contributed by atoms with Crippen LogP contribution in [0.2, 0.25) is 0 Å². The average Bonchev–Trinajstić information content (AvgIpc) is 4.00. The van der Waals surface area contributed by atoms with Gasteiger partial charge in [0.2, 0.25) is 5.89 Å². The van der Waals surface area contributed by atoms with Crippen molar-refractivity contribution in [2.75, 3.05) is 0 Å². The fourth-order valence-corrected chi connectivity index (χ4v) is 9.38. The zero-order valence-electron chi connectivity index (χ0n) is 30.2. The van der Waals surface area contributed by atoms with E-state index in [1.807, 2.05) is 84.1 Å². The summed E-state index contributed by atoms with van der Waals surface area (Å²) < 4.78 is 15.5. The van der Waals surface area contributed by atoms with E-state index >= 15 is 0 Å². The Balaban J connectivity index is 1.06. The average molecular weight is 749 g/mol. The zero-order valence-corrected chi connectivity index (χ0v) is 31.0. The van der Waals surface area contributed by atoms with Crippen LogP contribution < -0.4 is 0 Å². The van der Waals surface area contributed by atoms with Crippen LogP contribution in [0.5, 0.6) is 0 Å². The Kier molecular flexibility index (Phi) is 7.00. The molecule has 0 saturated carbocycles. The van der Waals surface area contributed by atoms with Gasteiger partial charge in [-0.3, -0.25) is 0 Å². The molecule has 12 aromatic rings. The van der Waals surface area contributed by atoms with Crippen molar-refractivity contribution in [3.8, 4) is 56.7 Å². The number of nitrogens with zero attached hydrogens (tertiary/aromatic N) is 4. The number of hydrogen-bond acceptors (Lipinski definition) is 7. The molecule has 0 N–H and O–H groups in total. The molecule has 0 fully saturated rings. The van der Waals surface area contributed by atoms with Gasteiger partial charge in [0.15, 0.2) is 23.1 Å². The van der Waals surface area contributed by atoms with Gasteiger partial charge in [-0.05, 0) is 64.4 Å². The van der Waals surface area contributed by atoms with Crippen molar-refractivity contribution < 1.29 is 8.83 Å². The number of hydrogen-bond donors (Lipinski definition) is 0. The fraction of sp³-hybridized carbons (Fsp3) is 0. The predicted octanol–water partition coefficient (Wildman–Crippen LogP) is 13.8. The summed E-state index contributed by atoms with van der Waals surface area (Å²) in [5.74, 6) is 2.33. The van der Waals surface area contributed by atoms with Gasteiger partial charge in [-0.1, -0.05) is 127 Å². The van der Waals surface area contributed by atoms with E-state index in [1.54, 1.807) is 0 Å². The van der Waals surface area contributed by atoms with Gasteiger partial charge < -0.3 is 8.83 Å². The molecule has 4 aromatic heterocycles. The molecule has 7 heteroatoms. The lowest BCUT2D eigenvalue weighted by Crippen LogP contribution is -2.00. The van der Waals surface area contributed by atoms with Gasteiger partial charge in [0.05, 0.1) is 5.39 Å². The first-order chi connectivity index (χ1) is 28.2. The number of oxazole rings is 1. The highest BCUT2D eigenvalue weighted by atomic mass is 32.1. The van der Waals surface area contributed by atoms with E-state index in [0.29, 0.717) is 28.9 Å². The smallest absolute Gasteiger partial charge is 0.227 e. The minimum absolute atomic E-state index is 0.562. The van der Waals surface area contributed by atoms with Crippen LogP contribution in [-0.2, 0) is 0 Å². The summed E-state index contributed by atoms with van der Waals surface area (Å²) >= 11 is 1.83. The van der Waals surface area contributed by atoms with Gasteiger partial charge in [-0.25, -0.2) is 19.9 Å². The van der Waals surface area contributed by atoms with Gasteiger partial charge in [0, 0.05) is 47.8 Å². The van der Waals surface area contributed by atoms with Crippen LogP contribution in [0.4, 0.5) is 0 Å². The van der Waals surface area contributed by atoms with E-state index in [-0.39, 0.29) is 0 Å². The zero-order chi connectivity index (χ0) is 37.5. The first kappa shape index (κ1) is 31.8. The number of furan rings is 1. The second-order valence-corrected chi connectivity index (χ2v) is 15.2. The van der Waals surface area contributed by atoms with Crippen LogP contribution in [0, 0.1) is 0 Å². The third-order valence-corrected chi connectivity index (χ3v) is 12.0. The van der Waals surface area contributed by atoms with E-state index < -0.39 is 0 Å².